The molecule has 3 aliphatic heterocycles. The van der Waals surface area contributed by atoms with Gasteiger partial charge in [0.1, 0.15) is 11.4 Å². The molecule has 2 N–H and O–H groups in total. The first-order valence-electron chi connectivity index (χ1n) is 10.8. The molecule has 6 heterocycles. The molecule has 3 aromatic heterocycles. The van der Waals surface area contributed by atoms with Gasteiger partial charge in [-0.15, -0.1) is 0 Å². The number of hydrogen-bond acceptors (Lipinski definition) is 6. The van der Waals surface area contributed by atoms with Crippen LogP contribution in [0.1, 0.15) is 23.7 Å². The van der Waals surface area contributed by atoms with Crippen LogP contribution >= 0.6 is 11.6 Å². The molecule has 0 aliphatic carbocycles. The predicted octanol–water partition coefficient (Wildman–Crippen LogP) is 3.48. The molecule has 0 amide bonds. The molecule has 2 saturated heterocycles. The lowest BCUT2D eigenvalue weighted by Crippen LogP contribution is -2.75. The van der Waals surface area contributed by atoms with Gasteiger partial charge >= 0.3 is 0 Å². The highest BCUT2D eigenvalue weighted by Crippen LogP contribution is 2.57. The van der Waals surface area contributed by atoms with Crippen LogP contribution in [0, 0.1) is 5.92 Å². The molecule has 0 spiro atoms. The Kier molecular flexibility index (Phi) is 3.78. The van der Waals surface area contributed by atoms with E-state index in [1.54, 1.807) is 24.5 Å². The Labute approximate surface area is 188 Å². The molecule has 4 aromatic rings. The standard InChI is InChI=1S/C24H20ClN5O2/c25-16-2-1-13(8-20(16)32)21-22(12-3-5-26-6-4-12)28-30-23-14(10-27-24(21)30)7-17-15(11-31)18-9-19(23)29(17)18/h1-6,8,10,15,17-19,31-32H,7,9,11H2. The van der Waals surface area contributed by atoms with Gasteiger partial charge in [-0.25, -0.2) is 9.50 Å². The Morgan fingerprint density at radius 3 is 2.72 bits per heavy atom. The molecule has 7 nitrogen and oxygen atoms in total. The molecule has 4 atom stereocenters. The van der Waals surface area contributed by atoms with Crippen LogP contribution in [0.3, 0.4) is 0 Å². The number of benzene rings is 1. The number of aromatic nitrogens is 4. The summed E-state index contributed by atoms with van der Waals surface area (Å²) < 4.78 is 2.00. The van der Waals surface area contributed by atoms with Crippen molar-refractivity contribution in [3.8, 4) is 28.1 Å². The van der Waals surface area contributed by atoms with Gasteiger partial charge in [0.15, 0.2) is 5.65 Å². The number of pyridine rings is 1. The summed E-state index contributed by atoms with van der Waals surface area (Å²) >= 11 is 6.08. The largest absolute Gasteiger partial charge is 0.506 e. The van der Waals surface area contributed by atoms with Crippen molar-refractivity contribution >= 4 is 17.2 Å². The van der Waals surface area contributed by atoms with Crippen molar-refractivity contribution in [2.24, 2.45) is 5.92 Å². The van der Waals surface area contributed by atoms with Crippen LogP contribution in [-0.4, -0.2) is 53.4 Å². The molecule has 0 bridgehead atoms. The van der Waals surface area contributed by atoms with E-state index in [9.17, 15) is 10.2 Å². The maximum Gasteiger partial charge on any atom is 0.163 e. The molecule has 0 radical (unpaired) electrons. The molecule has 3 aliphatic rings. The van der Waals surface area contributed by atoms with Gasteiger partial charge in [-0.05, 0) is 48.2 Å². The second kappa shape index (κ2) is 6.51. The lowest BCUT2D eigenvalue weighted by molar-refractivity contribution is -0.194. The third-order valence-electron chi connectivity index (χ3n) is 7.48. The molecule has 7 rings (SSSR count). The number of aromatic hydroxyl groups is 1. The van der Waals surface area contributed by atoms with E-state index in [0.717, 1.165) is 40.9 Å². The summed E-state index contributed by atoms with van der Waals surface area (Å²) in [5.74, 6) is 0.398. The molecule has 160 valence electrons. The Hall–Kier alpha value is -3.00. The number of rotatable bonds is 3. The number of fused-ring (bicyclic) bond motifs is 4. The van der Waals surface area contributed by atoms with Gasteiger partial charge in [0.2, 0.25) is 0 Å². The summed E-state index contributed by atoms with van der Waals surface area (Å²) in [6.07, 6.45) is 7.40. The van der Waals surface area contributed by atoms with Crippen LogP contribution in [0.25, 0.3) is 28.0 Å². The van der Waals surface area contributed by atoms with Crippen LogP contribution in [-0.2, 0) is 6.42 Å². The molecule has 8 heteroatoms. The molecule has 4 unspecified atom stereocenters. The second-order valence-electron chi connectivity index (χ2n) is 8.91. The van der Waals surface area contributed by atoms with Crippen molar-refractivity contribution in [1.29, 1.82) is 0 Å². The summed E-state index contributed by atoms with van der Waals surface area (Å²) in [6.45, 7) is 0.252. The fourth-order valence-corrected chi connectivity index (χ4v) is 6.11. The third-order valence-corrected chi connectivity index (χ3v) is 7.80. The molecule has 2 fully saturated rings. The maximum atomic E-state index is 10.3. The molecular weight excluding hydrogens is 426 g/mol. The van der Waals surface area contributed by atoms with Gasteiger partial charge in [0.05, 0.1) is 22.3 Å². The van der Waals surface area contributed by atoms with Gasteiger partial charge in [0.25, 0.3) is 0 Å². The van der Waals surface area contributed by atoms with Crippen LogP contribution in [0.15, 0.2) is 48.9 Å². The number of phenols is 1. The van der Waals surface area contributed by atoms with Crippen LogP contribution < -0.4 is 0 Å². The predicted molar refractivity (Wildman–Crippen MR) is 119 cm³/mol. The maximum absolute atomic E-state index is 10.3. The third kappa shape index (κ3) is 2.30. The van der Waals surface area contributed by atoms with Crippen molar-refractivity contribution in [1.82, 2.24) is 24.5 Å². The van der Waals surface area contributed by atoms with E-state index >= 15 is 0 Å². The highest BCUT2D eigenvalue weighted by atomic mass is 35.5. The number of nitrogens with zero attached hydrogens (tertiary/aromatic N) is 5. The zero-order valence-corrected chi connectivity index (χ0v) is 17.8. The minimum atomic E-state index is 0.0301. The first kappa shape index (κ1) is 18.6. The Bertz CT molecular complexity index is 1390. The Balaban J connectivity index is 1.48. The summed E-state index contributed by atoms with van der Waals surface area (Å²) in [6, 6.07) is 10.3. The van der Waals surface area contributed by atoms with E-state index in [2.05, 4.69) is 9.88 Å². The lowest BCUT2D eigenvalue weighted by atomic mass is 9.63. The van der Waals surface area contributed by atoms with Crippen molar-refractivity contribution in [2.45, 2.75) is 31.0 Å². The fourth-order valence-electron chi connectivity index (χ4n) is 5.99. The summed E-state index contributed by atoms with van der Waals surface area (Å²) in [5, 5.41) is 25.4. The molecule has 32 heavy (non-hydrogen) atoms. The van der Waals surface area contributed by atoms with Crippen molar-refractivity contribution in [3.63, 3.8) is 0 Å². The van der Waals surface area contributed by atoms with E-state index in [0.29, 0.717) is 29.1 Å². The van der Waals surface area contributed by atoms with Gasteiger partial charge in [0, 0.05) is 48.8 Å². The Morgan fingerprint density at radius 1 is 1.09 bits per heavy atom. The van der Waals surface area contributed by atoms with Crippen LogP contribution in [0.2, 0.25) is 5.02 Å². The zero-order valence-electron chi connectivity index (χ0n) is 17.1. The zero-order chi connectivity index (χ0) is 21.6. The average Bonchev–Trinajstić information content (AvgIpc) is 3.17. The average molecular weight is 446 g/mol. The minimum absolute atomic E-state index is 0.0301. The SMILES string of the molecule is OCC1C2Cc3cnc4c(-c5ccc(Cl)c(O)c5)c(-c5ccncc5)nn4c3C3CC1N32. The highest BCUT2D eigenvalue weighted by molar-refractivity contribution is 6.32. The summed E-state index contributed by atoms with van der Waals surface area (Å²) in [4.78, 5) is 11.5. The highest BCUT2D eigenvalue weighted by Gasteiger charge is 2.61. The summed E-state index contributed by atoms with van der Waals surface area (Å²) in [5.41, 5.74) is 6.57. The van der Waals surface area contributed by atoms with Gasteiger partial charge in [-0.2, -0.15) is 5.10 Å². The summed E-state index contributed by atoms with van der Waals surface area (Å²) in [7, 11) is 0. The number of aliphatic hydroxyl groups excluding tert-OH is 1. The van der Waals surface area contributed by atoms with Crippen molar-refractivity contribution < 1.29 is 10.2 Å². The molecular formula is C24H20ClN5O2. The normalized spacial score (nSPS) is 25.7. The minimum Gasteiger partial charge on any atom is -0.506 e. The second-order valence-corrected chi connectivity index (χ2v) is 9.32. The smallest absolute Gasteiger partial charge is 0.163 e. The number of halogens is 1. The topological polar surface area (TPSA) is 86.8 Å². The monoisotopic (exact) mass is 445 g/mol. The van der Waals surface area contributed by atoms with E-state index < -0.39 is 0 Å². The quantitative estimate of drug-likeness (QED) is 0.502. The lowest BCUT2D eigenvalue weighted by Gasteiger charge is -2.68. The van der Waals surface area contributed by atoms with Crippen LogP contribution in [0.4, 0.5) is 0 Å². The van der Waals surface area contributed by atoms with Crippen LogP contribution in [0.5, 0.6) is 5.75 Å². The van der Waals surface area contributed by atoms with E-state index in [4.69, 9.17) is 21.7 Å². The number of piperidine rings is 1. The number of aliphatic hydroxyl groups is 1. The Morgan fingerprint density at radius 2 is 1.94 bits per heavy atom. The van der Waals surface area contributed by atoms with E-state index in [1.165, 1.54) is 11.3 Å². The molecule has 0 saturated carbocycles. The van der Waals surface area contributed by atoms with Crippen molar-refractivity contribution in [2.75, 3.05) is 6.61 Å². The first-order chi connectivity index (χ1) is 15.7. The molecule has 1 aromatic carbocycles. The van der Waals surface area contributed by atoms with Crippen molar-refractivity contribution in [3.05, 3.63) is 65.2 Å². The van der Waals surface area contributed by atoms with Gasteiger partial charge in [-0.3, -0.25) is 9.88 Å². The van der Waals surface area contributed by atoms with Gasteiger partial charge in [-0.1, -0.05) is 17.7 Å². The van der Waals surface area contributed by atoms with Gasteiger partial charge < -0.3 is 10.2 Å². The van der Waals surface area contributed by atoms with E-state index in [1.807, 2.05) is 28.9 Å². The number of phenolic OH excluding ortho intramolecular Hbond substituents is 1. The first-order valence-corrected chi connectivity index (χ1v) is 11.2. The number of hydrogen-bond donors (Lipinski definition) is 2. The van der Waals surface area contributed by atoms with E-state index in [-0.39, 0.29) is 12.4 Å². The fraction of sp³-hybridized carbons (Fsp3) is 0.292.